The first kappa shape index (κ1) is 19.1. The van der Waals surface area contributed by atoms with Crippen LogP contribution in [0.25, 0.3) is 0 Å². The lowest BCUT2D eigenvalue weighted by Gasteiger charge is -2.29. The van der Waals surface area contributed by atoms with Crippen LogP contribution in [0.1, 0.15) is 26.7 Å². The van der Waals surface area contributed by atoms with E-state index in [4.69, 9.17) is 4.99 Å². The summed E-state index contributed by atoms with van der Waals surface area (Å²) >= 11 is 1.88. The molecule has 134 valence electrons. The van der Waals surface area contributed by atoms with Crippen molar-refractivity contribution in [2.45, 2.75) is 36.8 Å². The summed E-state index contributed by atoms with van der Waals surface area (Å²) in [5, 5.41) is 7.37. The zero-order chi connectivity index (χ0) is 17.2. The highest BCUT2D eigenvalue weighted by Gasteiger charge is 2.16. The van der Waals surface area contributed by atoms with E-state index in [-0.39, 0.29) is 0 Å². The number of likely N-dealkylation sites (tertiary alicyclic amines) is 1. The minimum atomic E-state index is 0.464. The second kappa shape index (κ2) is 10.6. The van der Waals surface area contributed by atoms with Crippen LogP contribution in [-0.2, 0) is 0 Å². The largest absolute Gasteiger partial charge is 0.357 e. The number of guanidine groups is 1. The smallest absolute Gasteiger partial charge is 0.191 e. The molecule has 0 spiro atoms. The van der Waals surface area contributed by atoms with Crippen LogP contribution in [0.4, 0.5) is 0 Å². The number of benzene rings is 1. The maximum Gasteiger partial charge on any atom is 0.191 e. The Balaban J connectivity index is 1.77. The average Bonchev–Trinajstić information content (AvgIpc) is 2.59. The van der Waals surface area contributed by atoms with Gasteiger partial charge in [0, 0.05) is 23.2 Å². The molecule has 0 radical (unpaired) electrons. The molecule has 1 aromatic rings. The number of aliphatic imine (C=N–C) groups is 1. The predicted molar refractivity (Wildman–Crippen MR) is 106 cm³/mol. The van der Waals surface area contributed by atoms with Crippen molar-refractivity contribution >= 4 is 17.7 Å². The van der Waals surface area contributed by atoms with Crippen LogP contribution in [0, 0.1) is 5.92 Å². The highest BCUT2D eigenvalue weighted by atomic mass is 32.2. The summed E-state index contributed by atoms with van der Waals surface area (Å²) < 4.78 is 0. The van der Waals surface area contributed by atoms with E-state index in [1.54, 1.807) is 0 Å². The summed E-state index contributed by atoms with van der Waals surface area (Å²) in [5.41, 5.74) is 0. The van der Waals surface area contributed by atoms with Gasteiger partial charge in [-0.1, -0.05) is 25.1 Å². The number of hydrogen-bond acceptors (Lipinski definition) is 3. The van der Waals surface area contributed by atoms with Gasteiger partial charge in [-0.25, -0.2) is 0 Å². The lowest BCUT2D eigenvalue weighted by Crippen LogP contribution is -2.42. The third-order valence-corrected chi connectivity index (χ3v) is 5.42. The van der Waals surface area contributed by atoms with Gasteiger partial charge in [0.1, 0.15) is 0 Å². The monoisotopic (exact) mass is 348 g/mol. The molecular formula is C19H32N4S. The molecule has 1 saturated heterocycles. The Morgan fingerprint density at radius 3 is 2.62 bits per heavy atom. The summed E-state index contributed by atoms with van der Waals surface area (Å²) in [5.74, 6) is 1.72. The molecule has 24 heavy (non-hydrogen) atoms. The molecule has 5 heteroatoms. The fourth-order valence-corrected chi connectivity index (χ4v) is 3.77. The van der Waals surface area contributed by atoms with Gasteiger partial charge < -0.3 is 15.5 Å². The molecule has 1 fully saturated rings. The molecule has 1 unspecified atom stereocenters. The number of thioether (sulfide) groups is 1. The van der Waals surface area contributed by atoms with Gasteiger partial charge in [0.25, 0.3) is 0 Å². The fourth-order valence-electron chi connectivity index (χ4n) is 2.84. The molecule has 2 N–H and O–H groups in total. The van der Waals surface area contributed by atoms with Crippen LogP contribution in [0.5, 0.6) is 0 Å². The van der Waals surface area contributed by atoms with Crippen LogP contribution in [0.2, 0.25) is 0 Å². The first-order valence-electron chi connectivity index (χ1n) is 9.09. The van der Waals surface area contributed by atoms with Gasteiger partial charge in [-0.15, -0.1) is 11.8 Å². The van der Waals surface area contributed by atoms with E-state index in [2.05, 4.69) is 66.8 Å². The quantitative estimate of drug-likeness (QED) is 0.451. The van der Waals surface area contributed by atoms with Crippen LogP contribution in [-0.4, -0.2) is 55.9 Å². The van der Waals surface area contributed by atoms with Crippen molar-refractivity contribution in [2.75, 3.05) is 39.8 Å². The first-order chi connectivity index (χ1) is 11.7. The zero-order valence-corrected chi connectivity index (χ0v) is 16.1. The molecule has 1 aliphatic heterocycles. The highest BCUT2D eigenvalue weighted by molar-refractivity contribution is 8.00. The lowest BCUT2D eigenvalue weighted by atomic mass is 9.97. The molecule has 1 aliphatic rings. The Bertz CT molecular complexity index is 483. The Morgan fingerprint density at radius 2 is 1.96 bits per heavy atom. The van der Waals surface area contributed by atoms with Crippen LogP contribution in [0.3, 0.4) is 0 Å². The van der Waals surface area contributed by atoms with Crippen molar-refractivity contribution < 1.29 is 0 Å². The van der Waals surface area contributed by atoms with Gasteiger partial charge in [0.15, 0.2) is 5.96 Å². The SMILES string of the molecule is CCNC(=NCC(C)Sc1ccccc1)NCC1CCN(C)CC1. The highest BCUT2D eigenvalue weighted by Crippen LogP contribution is 2.22. The van der Waals surface area contributed by atoms with Gasteiger partial charge >= 0.3 is 0 Å². The lowest BCUT2D eigenvalue weighted by molar-refractivity contribution is 0.220. The molecule has 1 atom stereocenters. The Morgan fingerprint density at radius 1 is 1.25 bits per heavy atom. The molecule has 2 rings (SSSR count). The molecule has 1 heterocycles. The van der Waals surface area contributed by atoms with Gasteiger partial charge in [-0.3, -0.25) is 4.99 Å². The number of rotatable bonds is 7. The Hall–Kier alpha value is -1.20. The second-order valence-corrected chi connectivity index (χ2v) is 8.10. The van der Waals surface area contributed by atoms with Crippen LogP contribution >= 0.6 is 11.8 Å². The van der Waals surface area contributed by atoms with E-state index in [1.165, 1.54) is 30.8 Å². The predicted octanol–water partition coefficient (Wildman–Crippen LogP) is 3.06. The molecule has 0 amide bonds. The molecule has 0 bridgehead atoms. The molecule has 1 aromatic carbocycles. The van der Waals surface area contributed by atoms with Crippen molar-refractivity contribution in [1.29, 1.82) is 0 Å². The molecule has 0 aliphatic carbocycles. The topological polar surface area (TPSA) is 39.7 Å². The van der Waals surface area contributed by atoms with Gasteiger partial charge in [-0.2, -0.15) is 0 Å². The Kier molecular flexibility index (Phi) is 8.47. The Labute approximate surface area is 151 Å². The third-order valence-electron chi connectivity index (χ3n) is 4.33. The first-order valence-corrected chi connectivity index (χ1v) is 9.97. The summed E-state index contributed by atoms with van der Waals surface area (Å²) in [7, 11) is 2.21. The average molecular weight is 349 g/mol. The minimum absolute atomic E-state index is 0.464. The van der Waals surface area contributed by atoms with Crippen LogP contribution in [0.15, 0.2) is 40.2 Å². The normalized spacial score (nSPS) is 18.4. The second-order valence-electron chi connectivity index (χ2n) is 6.59. The van der Waals surface area contributed by atoms with Gasteiger partial charge in [0.05, 0.1) is 6.54 Å². The van der Waals surface area contributed by atoms with E-state index in [0.717, 1.165) is 31.5 Å². The van der Waals surface area contributed by atoms with E-state index < -0.39 is 0 Å². The van der Waals surface area contributed by atoms with Gasteiger partial charge in [-0.05, 0) is 58.0 Å². The molecule has 0 saturated carbocycles. The summed E-state index contributed by atoms with van der Waals surface area (Å²) in [6, 6.07) is 10.6. The standard InChI is InChI=1S/C19H32N4S/c1-4-20-19(22-15-17-10-12-23(3)13-11-17)21-14-16(2)24-18-8-6-5-7-9-18/h5-9,16-17H,4,10-15H2,1-3H3,(H2,20,21,22). The van der Waals surface area contributed by atoms with Gasteiger partial charge in [0.2, 0.25) is 0 Å². The van der Waals surface area contributed by atoms with Crippen LogP contribution < -0.4 is 10.6 Å². The molecule has 4 nitrogen and oxygen atoms in total. The van der Waals surface area contributed by atoms with E-state index in [0.29, 0.717) is 5.25 Å². The fraction of sp³-hybridized carbons (Fsp3) is 0.632. The number of nitrogens with one attached hydrogen (secondary N) is 2. The minimum Gasteiger partial charge on any atom is -0.357 e. The van der Waals surface area contributed by atoms with Crippen molar-refractivity contribution in [3.8, 4) is 0 Å². The summed E-state index contributed by atoms with van der Waals surface area (Å²) in [6.45, 7) is 9.54. The van der Waals surface area contributed by atoms with Crippen molar-refractivity contribution in [1.82, 2.24) is 15.5 Å². The third kappa shape index (κ3) is 7.14. The zero-order valence-electron chi connectivity index (χ0n) is 15.3. The number of hydrogen-bond donors (Lipinski definition) is 2. The summed E-state index contributed by atoms with van der Waals surface area (Å²) in [4.78, 5) is 8.50. The van der Waals surface area contributed by atoms with Crippen molar-refractivity contribution in [2.24, 2.45) is 10.9 Å². The van der Waals surface area contributed by atoms with Crippen molar-refractivity contribution in [3.05, 3.63) is 30.3 Å². The van der Waals surface area contributed by atoms with E-state index in [9.17, 15) is 0 Å². The van der Waals surface area contributed by atoms with Crippen molar-refractivity contribution in [3.63, 3.8) is 0 Å². The summed E-state index contributed by atoms with van der Waals surface area (Å²) in [6.07, 6.45) is 2.56. The van der Waals surface area contributed by atoms with E-state index in [1.807, 2.05) is 11.8 Å². The molecular weight excluding hydrogens is 316 g/mol. The maximum absolute atomic E-state index is 4.77. The number of piperidine rings is 1. The van der Waals surface area contributed by atoms with E-state index >= 15 is 0 Å². The maximum atomic E-state index is 4.77. The molecule has 0 aromatic heterocycles. The number of nitrogens with zero attached hydrogens (tertiary/aromatic N) is 2.